The Morgan fingerprint density at radius 2 is 1.75 bits per heavy atom. The van der Waals surface area contributed by atoms with Gasteiger partial charge in [-0.25, -0.2) is 0 Å². The van der Waals surface area contributed by atoms with Crippen LogP contribution in [0.5, 0.6) is 0 Å². The molecule has 1 radical (unpaired) electrons. The topological polar surface area (TPSA) is 12.0 Å². The molecule has 0 aliphatic heterocycles. The Morgan fingerprint density at radius 1 is 1.38 bits per heavy atom. The van der Waals surface area contributed by atoms with Crippen molar-refractivity contribution in [2.75, 3.05) is 0 Å². The van der Waals surface area contributed by atoms with Crippen LogP contribution in [0.1, 0.15) is 33.6 Å². The molecule has 0 aromatic heterocycles. The molecule has 0 atom stereocenters. The molecule has 0 aliphatic carbocycles. The van der Waals surface area contributed by atoms with Crippen molar-refractivity contribution >= 4 is 0 Å². The fourth-order valence-corrected chi connectivity index (χ4v) is 0.500. The van der Waals surface area contributed by atoms with Gasteiger partial charge in [-0.15, -0.1) is 0 Å². The maximum absolute atomic E-state index is 3.65. The van der Waals surface area contributed by atoms with Crippen LogP contribution in [0.2, 0.25) is 0 Å². The molecule has 0 aromatic rings. The third-order valence-corrected chi connectivity index (χ3v) is 1.99. The van der Waals surface area contributed by atoms with Crippen LogP contribution < -0.4 is 5.32 Å². The predicted molar refractivity (Wildman–Crippen MR) is 37.5 cm³/mol. The summed E-state index contributed by atoms with van der Waals surface area (Å²) in [7, 11) is 3.65. The quantitative estimate of drug-likeness (QED) is 0.591. The first-order chi connectivity index (χ1) is 3.68. The molecule has 1 heteroatoms. The Hall–Kier alpha value is -0.0400. The fourth-order valence-electron chi connectivity index (χ4n) is 0.500. The van der Waals surface area contributed by atoms with Gasteiger partial charge in [-0.3, -0.25) is 0 Å². The van der Waals surface area contributed by atoms with Crippen LogP contribution in [-0.4, -0.2) is 5.54 Å². The standard InChI is InChI=1S/C7H16N/c1-5-7(3,6-2)8-4/h8H,4-6H2,1-3H3. The van der Waals surface area contributed by atoms with Crippen molar-refractivity contribution in [2.45, 2.75) is 39.2 Å². The van der Waals surface area contributed by atoms with Crippen molar-refractivity contribution in [1.29, 1.82) is 0 Å². The van der Waals surface area contributed by atoms with Gasteiger partial charge in [-0.1, -0.05) is 13.8 Å². The SMILES string of the molecule is [CH2]NC(C)(CC)CC. The van der Waals surface area contributed by atoms with Gasteiger partial charge >= 0.3 is 0 Å². The Balaban J connectivity index is 3.58. The van der Waals surface area contributed by atoms with Crippen LogP contribution in [0.15, 0.2) is 0 Å². The summed E-state index contributed by atoms with van der Waals surface area (Å²) in [6.45, 7) is 6.52. The summed E-state index contributed by atoms with van der Waals surface area (Å²) < 4.78 is 0. The normalized spacial score (nSPS) is 12.0. The van der Waals surface area contributed by atoms with Gasteiger partial charge in [-0.2, -0.15) is 0 Å². The molecule has 0 rings (SSSR count). The molecule has 0 aromatic carbocycles. The number of hydrogen-bond acceptors (Lipinski definition) is 1. The summed E-state index contributed by atoms with van der Waals surface area (Å²) in [5, 5.41) is 3.03. The zero-order chi connectivity index (χ0) is 6.62. The molecule has 0 saturated heterocycles. The van der Waals surface area contributed by atoms with Crippen molar-refractivity contribution in [3.05, 3.63) is 7.05 Å². The molecule has 0 unspecified atom stereocenters. The summed E-state index contributed by atoms with van der Waals surface area (Å²) in [6.07, 6.45) is 2.29. The Labute approximate surface area is 52.5 Å². The molecule has 0 aliphatic rings. The van der Waals surface area contributed by atoms with Crippen molar-refractivity contribution in [3.8, 4) is 0 Å². The van der Waals surface area contributed by atoms with Crippen LogP contribution in [-0.2, 0) is 0 Å². The highest BCUT2D eigenvalue weighted by molar-refractivity contribution is 4.78. The lowest BCUT2D eigenvalue weighted by Crippen LogP contribution is -2.36. The van der Waals surface area contributed by atoms with Gasteiger partial charge < -0.3 is 5.32 Å². The van der Waals surface area contributed by atoms with E-state index in [9.17, 15) is 0 Å². The molecular formula is C7H16N. The first kappa shape index (κ1) is 7.96. The molecule has 0 amide bonds. The average Bonchev–Trinajstić information content (AvgIpc) is 1.87. The monoisotopic (exact) mass is 114 g/mol. The van der Waals surface area contributed by atoms with E-state index in [2.05, 4.69) is 33.1 Å². The zero-order valence-corrected chi connectivity index (χ0v) is 6.12. The molecule has 8 heavy (non-hydrogen) atoms. The van der Waals surface area contributed by atoms with Crippen molar-refractivity contribution in [3.63, 3.8) is 0 Å². The van der Waals surface area contributed by atoms with Gasteiger partial charge in [0.15, 0.2) is 0 Å². The van der Waals surface area contributed by atoms with Crippen LogP contribution in [0.4, 0.5) is 0 Å². The molecule has 0 spiro atoms. The number of nitrogens with one attached hydrogen (secondary N) is 1. The highest BCUT2D eigenvalue weighted by atomic mass is 14.9. The first-order valence-corrected chi connectivity index (χ1v) is 3.22. The summed E-state index contributed by atoms with van der Waals surface area (Å²) in [5.74, 6) is 0. The summed E-state index contributed by atoms with van der Waals surface area (Å²) in [6, 6.07) is 0. The van der Waals surface area contributed by atoms with Gasteiger partial charge in [0.25, 0.3) is 0 Å². The lowest BCUT2D eigenvalue weighted by molar-refractivity contribution is 0.372. The first-order valence-electron chi connectivity index (χ1n) is 3.22. The second-order valence-corrected chi connectivity index (χ2v) is 2.44. The Morgan fingerprint density at radius 3 is 1.75 bits per heavy atom. The molecule has 0 fully saturated rings. The van der Waals surface area contributed by atoms with Crippen LogP contribution in [0, 0.1) is 7.05 Å². The molecule has 0 bridgehead atoms. The largest absolute Gasteiger partial charge is 0.310 e. The third kappa shape index (κ3) is 1.83. The van der Waals surface area contributed by atoms with Crippen molar-refractivity contribution in [1.82, 2.24) is 5.32 Å². The van der Waals surface area contributed by atoms with Gasteiger partial charge in [0.2, 0.25) is 0 Å². The van der Waals surface area contributed by atoms with Crippen LogP contribution in [0.25, 0.3) is 0 Å². The van der Waals surface area contributed by atoms with Crippen molar-refractivity contribution in [2.24, 2.45) is 0 Å². The van der Waals surface area contributed by atoms with E-state index < -0.39 is 0 Å². The number of rotatable bonds is 3. The van der Waals surface area contributed by atoms with E-state index in [-0.39, 0.29) is 5.54 Å². The second-order valence-electron chi connectivity index (χ2n) is 2.44. The van der Waals surface area contributed by atoms with E-state index in [1.807, 2.05) is 0 Å². The highest BCUT2D eigenvalue weighted by Gasteiger charge is 2.14. The molecule has 1 N–H and O–H groups in total. The third-order valence-electron chi connectivity index (χ3n) is 1.99. The van der Waals surface area contributed by atoms with Crippen molar-refractivity contribution < 1.29 is 0 Å². The van der Waals surface area contributed by atoms with Gasteiger partial charge in [-0.05, 0) is 19.8 Å². The Bertz CT molecular complexity index is 47.1. The van der Waals surface area contributed by atoms with E-state index in [1.165, 1.54) is 0 Å². The van der Waals surface area contributed by atoms with Gasteiger partial charge in [0.05, 0.1) is 0 Å². The minimum atomic E-state index is 0.264. The second kappa shape index (κ2) is 3.08. The summed E-state index contributed by atoms with van der Waals surface area (Å²) in [5.41, 5.74) is 0.264. The minimum absolute atomic E-state index is 0.264. The fraction of sp³-hybridized carbons (Fsp3) is 0.857. The lowest BCUT2D eigenvalue weighted by Gasteiger charge is -2.25. The van der Waals surface area contributed by atoms with E-state index in [0.29, 0.717) is 0 Å². The average molecular weight is 114 g/mol. The maximum Gasteiger partial charge on any atom is 0.0148 e. The molecule has 49 valence electrons. The van der Waals surface area contributed by atoms with E-state index in [0.717, 1.165) is 12.8 Å². The zero-order valence-electron chi connectivity index (χ0n) is 6.12. The van der Waals surface area contributed by atoms with E-state index >= 15 is 0 Å². The van der Waals surface area contributed by atoms with E-state index in [1.54, 1.807) is 0 Å². The Kier molecular flexibility index (Phi) is 3.06. The predicted octanol–water partition coefficient (Wildman–Crippen LogP) is 1.95. The molecule has 0 saturated carbocycles. The molecular weight excluding hydrogens is 98.1 g/mol. The highest BCUT2D eigenvalue weighted by Crippen LogP contribution is 2.11. The summed E-state index contributed by atoms with van der Waals surface area (Å²) >= 11 is 0. The molecule has 1 nitrogen and oxygen atoms in total. The van der Waals surface area contributed by atoms with Gasteiger partial charge in [0, 0.05) is 12.6 Å². The minimum Gasteiger partial charge on any atom is -0.310 e. The van der Waals surface area contributed by atoms with Crippen LogP contribution >= 0.6 is 0 Å². The van der Waals surface area contributed by atoms with Crippen LogP contribution in [0.3, 0.4) is 0 Å². The number of hydrogen-bond donors (Lipinski definition) is 1. The molecule has 0 heterocycles. The summed E-state index contributed by atoms with van der Waals surface area (Å²) in [4.78, 5) is 0. The maximum atomic E-state index is 3.65. The smallest absolute Gasteiger partial charge is 0.0148 e. The van der Waals surface area contributed by atoms with E-state index in [4.69, 9.17) is 0 Å². The lowest BCUT2D eigenvalue weighted by atomic mass is 9.96. The van der Waals surface area contributed by atoms with Gasteiger partial charge in [0.1, 0.15) is 0 Å².